The molecule has 3 heterocycles. The normalized spacial score (nSPS) is 14.0. The molecule has 2 aromatic heterocycles. The van der Waals surface area contributed by atoms with Gasteiger partial charge in [0.25, 0.3) is 0 Å². The summed E-state index contributed by atoms with van der Waals surface area (Å²) >= 11 is 0. The lowest BCUT2D eigenvalue weighted by atomic mass is 10.2. The molecule has 144 valence electrons. The summed E-state index contributed by atoms with van der Waals surface area (Å²) < 4.78 is 5.24. The molecule has 0 radical (unpaired) electrons. The van der Waals surface area contributed by atoms with Crippen LogP contribution in [0.3, 0.4) is 0 Å². The van der Waals surface area contributed by atoms with E-state index in [1.165, 1.54) is 5.69 Å². The van der Waals surface area contributed by atoms with Gasteiger partial charge >= 0.3 is 0 Å². The number of anilines is 3. The topological polar surface area (TPSA) is 66.4 Å². The van der Waals surface area contributed by atoms with Gasteiger partial charge in [-0.3, -0.25) is 4.98 Å². The van der Waals surface area contributed by atoms with Gasteiger partial charge in [-0.05, 0) is 36.4 Å². The van der Waals surface area contributed by atoms with Crippen molar-refractivity contribution >= 4 is 17.3 Å². The predicted octanol–water partition coefficient (Wildman–Crippen LogP) is 2.82. The number of aromatic nitrogens is 3. The maximum atomic E-state index is 5.24. The highest BCUT2D eigenvalue weighted by Crippen LogP contribution is 2.22. The van der Waals surface area contributed by atoms with Gasteiger partial charge in [-0.15, -0.1) is 0 Å². The number of ether oxygens (including phenoxy) is 1. The molecule has 0 atom stereocenters. The molecular formula is C21H24N6O. The molecule has 0 amide bonds. The predicted molar refractivity (Wildman–Crippen MR) is 111 cm³/mol. The fourth-order valence-electron chi connectivity index (χ4n) is 3.29. The van der Waals surface area contributed by atoms with E-state index >= 15 is 0 Å². The molecule has 3 aromatic rings. The van der Waals surface area contributed by atoms with Crippen LogP contribution in [0.25, 0.3) is 0 Å². The number of rotatable bonds is 6. The third-order valence-electron chi connectivity index (χ3n) is 4.87. The molecule has 7 heteroatoms. The largest absolute Gasteiger partial charge is 0.497 e. The van der Waals surface area contributed by atoms with Gasteiger partial charge in [0.15, 0.2) is 0 Å². The van der Waals surface area contributed by atoms with Crippen molar-refractivity contribution in [2.24, 2.45) is 0 Å². The Balaban J connectivity index is 1.35. The number of methoxy groups -OCH3 is 1. The van der Waals surface area contributed by atoms with E-state index in [0.29, 0.717) is 6.54 Å². The number of hydrogen-bond acceptors (Lipinski definition) is 7. The summed E-state index contributed by atoms with van der Waals surface area (Å²) in [6.07, 6.45) is 3.41. The van der Waals surface area contributed by atoms with E-state index in [9.17, 15) is 0 Å². The van der Waals surface area contributed by atoms with Crippen molar-refractivity contribution in [3.05, 3.63) is 66.7 Å². The van der Waals surface area contributed by atoms with Crippen LogP contribution in [0.15, 0.2) is 61.1 Å². The van der Waals surface area contributed by atoms with Crippen LogP contribution in [0.5, 0.6) is 5.75 Å². The Hall–Kier alpha value is -3.35. The summed E-state index contributed by atoms with van der Waals surface area (Å²) in [6, 6.07) is 16.1. The summed E-state index contributed by atoms with van der Waals surface area (Å²) in [4.78, 5) is 17.8. The maximum absolute atomic E-state index is 5.24. The zero-order chi connectivity index (χ0) is 19.2. The molecule has 4 rings (SSSR count). The van der Waals surface area contributed by atoms with Crippen LogP contribution >= 0.6 is 0 Å². The average molecular weight is 376 g/mol. The molecule has 0 unspecified atom stereocenters. The Labute approximate surface area is 165 Å². The zero-order valence-corrected chi connectivity index (χ0v) is 16.0. The van der Waals surface area contributed by atoms with Crippen LogP contribution in [-0.4, -0.2) is 48.2 Å². The minimum Gasteiger partial charge on any atom is -0.497 e. The van der Waals surface area contributed by atoms with Crippen LogP contribution in [0, 0.1) is 0 Å². The summed E-state index contributed by atoms with van der Waals surface area (Å²) in [5.41, 5.74) is 2.21. The number of benzene rings is 1. The summed E-state index contributed by atoms with van der Waals surface area (Å²) in [5, 5.41) is 3.32. The molecule has 0 bridgehead atoms. The van der Waals surface area contributed by atoms with Crippen LogP contribution in [0.4, 0.5) is 17.3 Å². The monoisotopic (exact) mass is 376 g/mol. The van der Waals surface area contributed by atoms with Gasteiger partial charge in [-0.2, -0.15) is 0 Å². The second kappa shape index (κ2) is 8.56. The van der Waals surface area contributed by atoms with Gasteiger partial charge in [0.2, 0.25) is 0 Å². The third kappa shape index (κ3) is 4.31. The fraction of sp³-hybridized carbons (Fsp3) is 0.286. The van der Waals surface area contributed by atoms with Crippen molar-refractivity contribution < 1.29 is 4.74 Å². The molecule has 1 saturated heterocycles. The Kier molecular flexibility index (Phi) is 5.51. The molecule has 28 heavy (non-hydrogen) atoms. The number of nitrogens with zero attached hydrogens (tertiary/aromatic N) is 5. The molecule has 1 N–H and O–H groups in total. The molecule has 1 aliphatic rings. The van der Waals surface area contributed by atoms with Gasteiger partial charge < -0.3 is 19.9 Å². The number of hydrogen-bond donors (Lipinski definition) is 1. The van der Waals surface area contributed by atoms with Crippen molar-refractivity contribution in [2.75, 3.05) is 48.4 Å². The second-order valence-corrected chi connectivity index (χ2v) is 6.61. The molecule has 1 aliphatic heterocycles. The van der Waals surface area contributed by atoms with E-state index in [1.807, 2.05) is 36.4 Å². The first-order chi connectivity index (χ1) is 13.8. The summed E-state index contributed by atoms with van der Waals surface area (Å²) in [6.45, 7) is 4.38. The number of nitrogens with one attached hydrogen (secondary N) is 1. The SMILES string of the molecule is COc1ccc(N2CCN(c3cc(NCc4ccccn4)ncn3)CC2)cc1. The van der Waals surface area contributed by atoms with Crippen LogP contribution in [0.1, 0.15) is 5.69 Å². The molecule has 0 saturated carbocycles. The first-order valence-corrected chi connectivity index (χ1v) is 9.41. The Morgan fingerprint density at radius 2 is 1.71 bits per heavy atom. The van der Waals surface area contributed by atoms with E-state index in [-0.39, 0.29) is 0 Å². The molecule has 7 nitrogen and oxygen atoms in total. The smallest absolute Gasteiger partial charge is 0.134 e. The Morgan fingerprint density at radius 1 is 0.929 bits per heavy atom. The first kappa shape index (κ1) is 18.0. The van der Waals surface area contributed by atoms with E-state index in [1.54, 1.807) is 19.6 Å². The van der Waals surface area contributed by atoms with Crippen molar-refractivity contribution in [1.29, 1.82) is 0 Å². The van der Waals surface area contributed by atoms with Crippen molar-refractivity contribution in [2.45, 2.75) is 6.54 Å². The van der Waals surface area contributed by atoms with Crippen molar-refractivity contribution in [3.63, 3.8) is 0 Å². The summed E-state index contributed by atoms with van der Waals surface area (Å²) in [7, 11) is 1.69. The Morgan fingerprint density at radius 3 is 2.43 bits per heavy atom. The quantitative estimate of drug-likeness (QED) is 0.709. The lowest BCUT2D eigenvalue weighted by Gasteiger charge is -2.36. The fourth-order valence-corrected chi connectivity index (χ4v) is 3.29. The molecule has 1 aromatic carbocycles. The first-order valence-electron chi connectivity index (χ1n) is 9.41. The van der Waals surface area contributed by atoms with Crippen molar-refractivity contribution in [1.82, 2.24) is 15.0 Å². The maximum Gasteiger partial charge on any atom is 0.134 e. The van der Waals surface area contributed by atoms with Crippen LogP contribution < -0.4 is 19.9 Å². The minimum absolute atomic E-state index is 0.641. The number of piperazine rings is 1. The number of pyridine rings is 1. The third-order valence-corrected chi connectivity index (χ3v) is 4.87. The lowest BCUT2D eigenvalue weighted by molar-refractivity contribution is 0.415. The van der Waals surface area contributed by atoms with Gasteiger partial charge in [0, 0.05) is 44.1 Å². The highest BCUT2D eigenvalue weighted by atomic mass is 16.5. The molecular weight excluding hydrogens is 352 g/mol. The van der Waals surface area contributed by atoms with E-state index in [2.05, 4.69) is 42.2 Å². The average Bonchev–Trinajstić information content (AvgIpc) is 2.79. The van der Waals surface area contributed by atoms with Gasteiger partial charge in [-0.1, -0.05) is 6.07 Å². The van der Waals surface area contributed by atoms with Gasteiger partial charge in [0.1, 0.15) is 23.7 Å². The minimum atomic E-state index is 0.641. The molecule has 0 spiro atoms. The van der Waals surface area contributed by atoms with Crippen molar-refractivity contribution in [3.8, 4) is 5.75 Å². The second-order valence-electron chi connectivity index (χ2n) is 6.61. The van der Waals surface area contributed by atoms with Crippen LogP contribution in [-0.2, 0) is 6.54 Å². The van der Waals surface area contributed by atoms with E-state index in [4.69, 9.17) is 4.74 Å². The lowest BCUT2D eigenvalue weighted by Crippen LogP contribution is -2.46. The standard InChI is InChI=1S/C21H24N6O/c1-28-19-7-5-18(6-8-19)26-10-12-27(13-11-26)21-14-20(24-16-25-21)23-15-17-4-2-3-9-22-17/h2-9,14,16H,10-13,15H2,1H3,(H,23,24,25). The van der Waals surface area contributed by atoms with Crippen LogP contribution in [0.2, 0.25) is 0 Å². The van der Waals surface area contributed by atoms with Gasteiger partial charge in [0.05, 0.1) is 19.3 Å². The van der Waals surface area contributed by atoms with Gasteiger partial charge in [-0.25, -0.2) is 9.97 Å². The zero-order valence-electron chi connectivity index (χ0n) is 16.0. The highest BCUT2D eigenvalue weighted by Gasteiger charge is 2.18. The summed E-state index contributed by atoms with van der Waals surface area (Å²) in [5.74, 6) is 2.65. The Bertz CT molecular complexity index is 879. The van der Waals surface area contributed by atoms with E-state index < -0.39 is 0 Å². The van der Waals surface area contributed by atoms with E-state index in [0.717, 1.165) is 49.3 Å². The molecule has 0 aliphatic carbocycles. The molecule has 1 fully saturated rings. The highest BCUT2D eigenvalue weighted by molar-refractivity contribution is 5.53.